The Labute approximate surface area is 132 Å². The van der Waals surface area contributed by atoms with Crippen LogP contribution in [0.5, 0.6) is 0 Å². The third-order valence-electron chi connectivity index (χ3n) is 3.83. The quantitative estimate of drug-likeness (QED) is 0.889. The van der Waals surface area contributed by atoms with Gasteiger partial charge in [-0.25, -0.2) is 4.39 Å². The summed E-state index contributed by atoms with van der Waals surface area (Å²) in [5, 5.41) is 3.94. The molecular weight excluding hydrogens is 298 g/mol. The Hall–Kier alpha value is -0.350. The molecule has 0 amide bonds. The van der Waals surface area contributed by atoms with Gasteiger partial charge in [-0.1, -0.05) is 24.6 Å². The zero-order chi connectivity index (χ0) is 13.7. The molecule has 0 aromatic heterocycles. The number of halogens is 3. The molecule has 0 saturated carbocycles. The van der Waals surface area contributed by atoms with Crippen LogP contribution in [-0.2, 0) is 6.54 Å². The zero-order valence-corrected chi connectivity index (χ0v) is 13.4. The molecule has 0 atom stereocenters. The Bertz CT molecular complexity index is 387. The molecule has 0 radical (unpaired) electrons. The van der Waals surface area contributed by atoms with Crippen molar-refractivity contribution in [2.45, 2.75) is 26.3 Å². The van der Waals surface area contributed by atoms with E-state index in [1.165, 1.54) is 18.9 Å². The number of nitrogens with zero attached hydrogens (tertiary/aromatic N) is 1. The van der Waals surface area contributed by atoms with E-state index in [1.807, 2.05) is 0 Å². The van der Waals surface area contributed by atoms with Crippen LogP contribution in [0.25, 0.3) is 0 Å². The molecule has 2 rings (SSSR count). The monoisotopic (exact) mass is 320 g/mol. The maximum atomic E-state index is 13.7. The lowest BCUT2D eigenvalue weighted by Gasteiger charge is -2.32. The van der Waals surface area contributed by atoms with E-state index in [4.69, 9.17) is 11.6 Å². The summed E-state index contributed by atoms with van der Waals surface area (Å²) in [7, 11) is 0. The first-order valence-electron chi connectivity index (χ1n) is 7.06. The SMILES string of the molecule is CCNCC1CCN(Cc2c(F)cccc2Cl)CC1.Cl. The highest BCUT2D eigenvalue weighted by Gasteiger charge is 2.20. The minimum absolute atomic E-state index is 0. The largest absolute Gasteiger partial charge is 0.317 e. The Balaban J connectivity index is 0.00000200. The molecule has 1 fully saturated rings. The molecule has 0 unspecified atom stereocenters. The smallest absolute Gasteiger partial charge is 0.129 e. The van der Waals surface area contributed by atoms with Crippen molar-refractivity contribution >= 4 is 24.0 Å². The fourth-order valence-corrected chi connectivity index (χ4v) is 2.83. The lowest BCUT2D eigenvalue weighted by Crippen LogP contribution is -2.37. The van der Waals surface area contributed by atoms with E-state index in [0.29, 0.717) is 17.1 Å². The second-order valence-corrected chi connectivity index (χ2v) is 5.63. The first-order chi connectivity index (χ1) is 9.20. The molecule has 114 valence electrons. The van der Waals surface area contributed by atoms with Gasteiger partial charge in [0.25, 0.3) is 0 Å². The van der Waals surface area contributed by atoms with Crippen molar-refractivity contribution in [1.82, 2.24) is 10.2 Å². The number of hydrogen-bond acceptors (Lipinski definition) is 2. The molecule has 1 saturated heterocycles. The van der Waals surface area contributed by atoms with Gasteiger partial charge in [0.15, 0.2) is 0 Å². The number of piperidine rings is 1. The minimum atomic E-state index is -0.192. The molecule has 2 nitrogen and oxygen atoms in total. The zero-order valence-electron chi connectivity index (χ0n) is 11.9. The van der Waals surface area contributed by atoms with Crippen LogP contribution in [0, 0.1) is 11.7 Å². The van der Waals surface area contributed by atoms with Crippen molar-refractivity contribution in [2.75, 3.05) is 26.2 Å². The van der Waals surface area contributed by atoms with Crippen LogP contribution in [0.1, 0.15) is 25.3 Å². The van der Waals surface area contributed by atoms with E-state index < -0.39 is 0 Å². The molecule has 0 bridgehead atoms. The summed E-state index contributed by atoms with van der Waals surface area (Å²) in [6.07, 6.45) is 2.36. The fourth-order valence-electron chi connectivity index (χ4n) is 2.60. The van der Waals surface area contributed by atoms with Gasteiger partial charge in [0.1, 0.15) is 5.82 Å². The van der Waals surface area contributed by atoms with E-state index >= 15 is 0 Å². The number of rotatable bonds is 5. The molecule has 5 heteroatoms. The fraction of sp³-hybridized carbons (Fsp3) is 0.600. The molecule has 0 aliphatic carbocycles. The predicted molar refractivity (Wildman–Crippen MR) is 85.2 cm³/mol. The molecule has 0 spiro atoms. The van der Waals surface area contributed by atoms with Crippen molar-refractivity contribution in [3.63, 3.8) is 0 Å². The summed E-state index contributed by atoms with van der Waals surface area (Å²) in [5.74, 6) is 0.564. The first-order valence-corrected chi connectivity index (χ1v) is 7.44. The Morgan fingerprint density at radius 1 is 1.35 bits per heavy atom. The molecule has 1 aliphatic rings. The van der Waals surface area contributed by atoms with Crippen molar-refractivity contribution in [3.8, 4) is 0 Å². The topological polar surface area (TPSA) is 15.3 Å². The van der Waals surface area contributed by atoms with Gasteiger partial charge in [0.05, 0.1) is 0 Å². The van der Waals surface area contributed by atoms with E-state index in [9.17, 15) is 4.39 Å². The van der Waals surface area contributed by atoms with Gasteiger partial charge in [0, 0.05) is 17.1 Å². The van der Waals surface area contributed by atoms with Crippen LogP contribution >= 0.6 is 24.0 Å². The predicted octanol–water partition coefficient (Wildman–Crippen LogP) is 3.72. The van der Waals surface area contributed by atoms with Gasteiger partial charge in [-0.15, -0.1) is 12.4 Å². The Morgan fingerprint density at radius 3 is 2.65 bits per heavy atom. The number of hydrogen-bond donors (Lipinski definition) is 1. The van der Waals surface area contributed by atoms with Gasteiger partial charge in [-0.2, -0.15) is 0 Å². The van der Waals surface area contributed by atoms with Gasteiger partial charge in [-0.3, -0.25) is 4.90 Å². The summed E-state index contributed by atoms with van der Waals surface area (Å²) in [4.78, 5) is 2.30. The maximum absolute atomic E-state index is 13.7. The van der Waals surface area contributed by atoms with E-state index in [2.05, 4.69) is 17.1 Å². The summed E-state index contributed by atoms with van der Waals surface area (Å²) < 4.78 is 13.7. The molecule has 1 aromatic carbocycles. The Kier molecular flexibility index (Phi) is 7.82. The molecule has 20 heavy (non-hydrogen) atoms. The van der Waals surface area contributed by atoms with Crippen molar-refractivity contribution in [1.29, 1.82) is 0 Å². The lowest BCUT2D eigenvalue weighted by molar-refractivity contribution is 0.174. The van der Waals surface area contributed by atoms with Crippen molar-refractivity contribution < 1.29 is 4.39 Å². The van der Waals surface area contributed by atoms with Crippen LogP contribution in [0.15, 0.2) is 18.2 Å². The normalized spacial score (nSPS) is 16.9. The molecule has 1 N–H and O–H groups in total. The second kappa shape index (κ2) is 8.83. The Morgan fingerprint density at radius 2 is 2.05 bits per heavy atom. The number of nitrogens with one attached hydrogen (secondary N) is 1. The van der Waals surface area contributed by atoms with Gasteiger partial charge >= 0.3 is 0 Å². The van der Waals surface area contributed by atoms with Crippen molar-refractivity contribution in [2.24, 2.45) is 5.92 Å². The highest BCUT2D eigenvalue weighted by Crippen LogP contribution is 2.24. The van der Waals surface area contributed by atoms with E-state index in [-0.39, 0.29) is 18.2 Å². The summed E-state index contributed by atoms with van der Waals surface area (Å²) >= 11 is 6.07. The summed E-state index contributed by atoms with van der Waals surface area (Å²) in [5.41, 5.74) is 0.634. The lowest BCUT2D eigenvalue weighted by atomic mass is 9.96. The molecule has 1 heterocycles. The van der Waals surface area contributed by atoms with Gasteiger partial charge in [0.2, 0.25) is 0 Å². The number of benzene rings is 1. The summed E-state index contributed by atoms with van der Waals surface area (Å²) in [6, 6.07) is 4.90. The highest BCUT2D eigenvalue weighted by atomic mass is 35.5. The highest BCUT2D eigenvalue weighted by molar-refractivity contribution is 6.31. The molecule has 1 aliphatic heterocycles. The number of likely N-dealkylation sites (tertiary alicyclic amines) is 1. The molecule has 1 aromatic rings. The average Bonchev–Trinajstić information content (AvgIpc) is 2.42. The van der Waals surface area contributed by atoms with Crippen LogP contribution < -0.4 is 5.32 Å². The van der Waals surface area contributed by atoms with Crippen LogP contribution in [-0.4, -0.2) is 31.1 Å². The van der Waals surface area contributed by atoms with Gasteiger partial charge in [-0.05, 0) is 57.1 Å². The van der Waals surface area contributed by atoms with E-state index in [1.54, 1.807) is 12.1 Å². The van der Waals surface area contributed by atoms with Crippen LogP contribution in [0.2, 0.25) is 5.02 Å². The third kappa shape index (κ3) is 4.88. The standard InChI is InChI=1S/C15H22ClFN2.ClH/c1-2-18-10-12-6-8-19(9-7-12)11-13-14(16)4-3-5-15(13)17;/h3-5,12,18H,2,6-11H2,1H3;1H. The minimum Gasteiger partial charge on any atom is -0.317 e. The second-order valence-electron chi connectivity index (χ2n) is 5.23. The van der Waals surface area contributed by atoms with Crippen LogP contribution in [0.4, 0.5) is 4.39 Å². The van der Waals surface area contributed by atoms with Crippen LogP contribution in [0.3, 0.4) is 0 Å². The maximum Gasteiger partial charge on any atom is 0.129 e. The van der Waals surface area contributed by atoms with Crippen molar-refractivity contribution in [3.05, 3.63) is 34.6 Å². The molecular formula is C15H23Cl2FN2. The van der Waals surface area contributed by atoms with E-state index in [0.717, 1.165) is 32.1 Å². The first kappa shape index (κ1) is 17.7. The average molecular weight is 321 g/mol. The summed E-state index contributed by atoms with van der Waals surface area (Å²) in [6.45, 7) is 6.95. The van der Waals surface area contributed by atoms with Gasteiger partial charge < -0.3 is 5.32 Å². The third-order valence-corrected chi connectivity index (χ3v) is 4.19.